The molecule has 2 unspecified atom stereocenters. The highest BCUT2D eigenvalue weighted by molar-refractivity contribution is 5.99. The number of aliphatic hydroxyl groups is 1. The van der Waals surface area contributed by atoms with Crippen molar-refractivity contribution >= 4 is 11.6 Å². The fourth-order valence-electron chi connectivity index (χ4n) is 2.60. The van der Waals surface area contributed by atoms with E-state index in [4.69, 9.17) is 5.73 Å². The summed E-state index contributed by atoms with van der Waals surface area (Å²) in [5, 5.41) is 9.96. The predicted molar refractivity (Wildman–Crippen MR) is 71.2 cm³/mol. The molecule has 0 spiro atoms. The lowest BCUT2D eigenvalue weighted by molar-refractivity contribution is 0.0268. The van der Waals surface area contributed by atoms with Gasteiger partial charge in [0.05, 0.1) is 17.7 Å². The van der Waals surface area contributed by atoms with E-state index in [2.05, 4.69) is 0 Å². The first-order chi connectivity index (χ1) is 9.00. The number of nitrogen functional groups attached to an aromatic ring is 1. The van der Waals surface area contributed by atoms with E-state index in [1.54, 1.807) is 7.05 Å². The fourth-order valence-corrected chi connectivity index (χ4v) is 2.60. The number of halogens is 1. The smallest absolute Gasteiger partial charge is 0.256 e. The first-order valence-corrected chi connectivity index (χ1v) is 6.51. The lowest BCUT2D eigenvalue weighted by atomic mass is 9.91. The number of aliphatic hydroxyl groups excluding tert-OH is 1. The van der Waals surface area contributed by atoms with Gasteiger partial charge in [-0.05, 0) is 31.0 Å². The molecule has 0 heterocycles. The molecule has 104 valence electrons. The second kappa shape index (κ2) is 5.57. The summed E-state index contributed by atoms with van der Waals surface area (Å²) < 4.78 is 13.2. The summed E-state index contributed by atoms with van der Waals surface area (Å²) in [6, 6.07) is 3.53. The molecule has 1 amide bonds. The number of rotatable bonds is 2. The number of carbonyl (C=O) groups excluding carboxylic acids is 1. The molecule has 0 radical (unpaired) electrons. The van der Waals surface area contributed by atoms with Crippen LogP contribution in [0.1, 0.15) is 36.0 Å². The highest BCUT2D eigenvalue weighted by atomic mass is 19.1. The van der Waals surface area contributed by atoms with Crippen molar-refractivity contribution in [2.75, 3.05) is 12.8 Å². The first kappa shape index (κ1) is 13.8. The van der Waals surface area contributed by atoms with Crippen molar-refractivity contribution < 1.29 is 14.3 Å². The quantitative estimate of drug-likeness (QED) is 0.802. The monoisotopic (exact) mass is 266 g/mol. The molecule has 3 N–H and O–H groups in total. The molecule has 1 aromatic carbocycles. The molecular weight excluding hydrogens is 247 g/mol. The number of benzene rings is 1. The number of amides is 1. The molecule has 1 aliphatic rings. The van der Waals surface area contributed by atoms with Crippen LogP contribution in [0.15, 0.2) is 18.2 Å². The van der Waals surface area contributed by atoms with Crippen molar-refractivity contribution in [3.05, 3.63) is 29.6 Å². The van der Waals surface area contributed by atoms with Crippen LogP contribution in [0.5, 0.6) is 0 Å². The summed E-state index contributed by atoms with van der Waals surface area (Å²) in [6.07, 6.45) is 2.90. The van der Waals surface area contributed by atoms with Gasteiger partial charge in [-0.3, -0.25) is 4.79 Å². The second-order valence-electron chi connectivity index (χ2n) is 5.07. The minimum absolute atomic E-state index is 0.153. The second-order valence-corrected chi connectivity index (χ2v) is 5.07. The van der Waals surface area contributed by atoms with E-state index in [0.717, 1.165) is 25.3 Å². The summed E-state index contributed by atoms with van der Waals surface area (Å²) in [4.78, 5) is 13.8. The van der Waals surface area contributed by atoms with E-state index in [1.165, 1.54) is 17.0 Å². The highest BCUT2D eigenvalue weighted by Crippen LogP contribution is 2.25. The van der Waals surface area contributed by atoms with Crippen LogP contribution < -0.4 is 5.73 Å². The average Bonchev–Trinajstić information content (AvgIpc) is 2.40. The summed E-state index contributed by atoms with van der Waals surface area (Å²) in [6.45, 7) is 0. The zero-order chi connectivity index (χ0) is 14.0. The molecular formula is C14H19FN2O2. The van der Waals surface area contributed by atoms with Gasteiger partial charge in [0.25, 0.3) is 5.91 Å². The molecule has 1 aromatic rings. The maximum atomic E-state index is 13.2. The fraction of sp³-hybridized carbons (Fsp3) is 0.500. The highest BCUT2D eigenvalue weighted by Gasteiger charge is 2.30. The molecule has 0 bridgehead atoms. The standard InChI is InChI=1S/C14H19FN2O2/c1-17(12-4-2-3-5-13(12)18)14(19)10-8-9(15)6-7-11(10)16/h6-8,12-13,18H,2-5,16H2,1H3. The summed E-state index contributed by atoms with van der Waals surface area (Å²) in [5.74, 6) is -0.835. The Morgan fingerprint density at radius 1 is 1.42 bits per heavy atom. The van der Waals surface area contributed by atoms with Crippen LogP contribution in [0, 0.1) is 5.82 Å². The van der Waals surface area contributed by atoms with E-state index in [0.29, 0.717) is 6.42 Å². The normalized spacial score (nSPS) is 23.1. The van der Waals surface area contributed by atoms with Gasteiger partial charge in [0, 0.05) is 12.7 Å². The molecule has 19 heavy (non-hydrogen) atoms. The van der Waals surface area contributed by atoms with Gasteiger partial charge in [0.1, 0.15) is 5.82 Å². The number of hydrogen-bond acceptors (Lipinski definition) is 3. The van der Waals surface area contributed by atoms with Gasteiger partial charge in [-0.1, -0.05) is 12.8 Å². The van der Waals surface area contributed by atoms with E-state index in [9.17, 15) is 14.3 Å². The summed E-state index contributed by atoms with van der Waals surface area (Å²) >= 11 is 0. The van der Waals surface area contributed by atoms with E-state index >= 15 is 0 Å². The van der Waals surface area contributed by atoms with Gasteiger partial charge >= 0.3 is 0 Å². The largest absolute Gasteiger partial charge is 0.398 e. The number of likely N-dealkylation sites (N-methyl/N-ethyl adjacent to an activating group) is 1. The SMILES string of the molecule is CN(C(=O)c1cc(F)ccc1N)C1CCCCC1O. The molecule has 0 aromatic heterocycles. The number of nitrogens with two attached hydrogens (primary N) is 1. The van der Waals surface area contributed by atoms with Gasteiger partial charge < -0.3 is 15.7 Å². The van der Waals surface area contributed by atoms with Crippen molar-refractivity contribution in [1.82, 2.24) is 4.90 Å². The van der Waals surface area contributed by atoms with Gasteiger partial charge in [-0.25, -0.2) is 4.39 Å². The zero-order valence-corrected chi connectivity index (χ0v) is 11.0. The number of carbonyl (C=O) groups is 1. The minimum Gasteiger partial charge on any atom is -0.398 e. The van der Waals surface area contributed by atoms with Crippen LogP contribution in [0.4, 0.5) is 10.1 Å². The maximum absolute atomic E-state index is 13.2. The van der Waals surface area contributed by atoms with Crippen LogP contribution >= 0.6 is 0 Å². The summed E-state index contributed by atoms with van der Waals surface area (Å²) in [5.41, 5.74) is 6.12. The molecule has 1 aliphatic carbocycles. The molecule has 4 nitrogen and oxygen atoms in total. The Labute approximate surface area is 112 Å². The number of nitrogens with zero attached hydrogens (tertiary/aromatic N) is 1. The lowest BCUT2D eigenvalue weighted by Gasteiger charge is -2.35. The van der Waals surface area contributed by atoms with E-state index in [1.807, 2.05) is 0 Å². The Morgan fingerprint density at radius 3 is 2.79 bits per heavy atom. The Kier molecular flexibility index (Phi) is 4.04. The predicted octanol–water partition coefficient (Wildman–Crippen LogP) is 1.78. The topological polar surface area (TPSA) is 66.6 Å². The van der Waals surface area contributed by atoms with E-state index in [-0.39, 0.29) is 23.2 Å². The Morgan fingerprint density at radius 2 is 2.11 bits per heavy atom. The van der Waals surface area contributed by atoms with Crippen molar-refractivity contribution in [3.63, 3.8) is 0 Å². The van der Waals surface area contributed by atoms with Gasteiger partial charge in [0.2, 0.25) is 0 Å². The van der Waals surface area contributed by atoms with Crippen LogP contribution in [0.25, 0.3) is 0 Å². The molecule has 2 atom stereocenters. The third kappa shape index (κ3) is 2.87. The van der Waals surface area contributed by atoms with Crippen LogP contribution in [-0.2, 0) is 0 Å². The average molecular weight is 266 g/mol. The molecule has 0 saturated heterocycles. The molecule has 0 aliphatic heterocycles. The molecule has 5 heteroatoms. The van der Waals surface area contributed by atoms with Gasteiger partial charge in [-0.2, -0.15) is 0 Å². The molecule has 2 rings (SSSR count). The van der Waals surface area contributed by atoms with Crippen molar-refractivity contribution in [2.45, 2.75) is 37.8 Å². The Hall–Kier alpha value is -1.62. The van der Waals surface area contributed by atoms with Crippen LogP contribution in [0.3, 0.4) is 0 Å². The Bertz CT molecular complexity index is 479. The van der Waals surface area contributed by atoms with Crippen molar-refractivity contribution in [2.24, 2.45) is 0 Å². The molecule has 1 saturated carbocycles. The third-order valence-corrected chi connectivity index (χ3v) is 3.76. The van der Waals surface area contributed by atoms with Crippen molar-refractivity contribution in [3.8, 4) is 0 Å². The zero-order valence-electron chi connectivity index (χ0n) is 11.0. The first-order valence-electron chi connectivity index (χ1n) is 6.51. The third-order valence-electron chi connectivity index (χ3n) is 3.76. The van der Waals surface area contributed by atoms with Crippen LogP contribution in [-0.4, -0.2) is 35.1 Å². The number of hydrogen-bond donors (Lipinski definition) is 2. The Balaban J connectivity index is 2.20. The number of anilines is 1. The van der Waals surface area contributed by atoms with Crippen LogP contribution in [0.2, 0.25) is 0 Å². The lowest BCUT2D eigenvalue weighted by Crippen LogP contribution is -2.46. The molecule has 1 fully saturated rings. The van der Waals surface area contributed by atoms with E-state index < -0.39 is 11.9 Å². The maximum Gasteiger partial charge on any atom is 0.256 e. The minimum atomic E-state index is -0.516. The van der Waals surface area contributed by atoms with Gasteiger partial charge in [0.15, 0.2) is 0 Å². The van der Waals surface area contributed by atoms with Crippen molar-refractivity contribution in [1.29, 1.82) is 0 Å². The summed E-state index contributed by atoms with van der Waals surface area (Å²) in [7, 11) is 1.63. The van der Waals surface area contributed by atoms with Gasteiger partial charge in [-0.15, -0.1) is 0 Å².